The van der Waals surface area contributed by atoms with Crippen molar-refractivity contribution in [2.75, 3.05) is 13.2 Å². The number of hydrogen-bond acceptors (Lipinski definition) is 5. The molecule has 1 unspecified atom stereocenters. The molecule has 1 atom stereocenters. The van der Waals surface area contributed by atoms with Gasteiger partial charge in [-0.25, -0.2) is 4.98 Å². The largest absolute Gasteiger partial charge is 0.351 e. The summed E-state index contributed by atoms with van der Waals surface area (Å²) in [6.45, 7) is 5.06. The molecule has 0 amide bonds. The zero-order valence-corrected chi connectivity index (χ0v) is 11.5. The summed E-state index contributed by atoms with van der Waals surface area (Å²) in [5, 5.41) is 2.01. The van der Waals surface area contributed by atoms with Gasteiger partial charge in [0, 0.05) is 37.4 Å². The summed E-state index contributed by atoms with van der Waals surface area (Å²) in [6, 6.07) is -0.200. The lowest BCUT2D eigenvalue weighted by atomic mass is 10.1. The van der Waals surface area contributed by atoms with Crippen molar-refractivity contribution >= 4 is 16.3 Å². The van der Waals surface area contributed by atoms with Crippen molar-refractivity contribution in [3.05, 3.63) is 23.5 Å². The fourth-order valence-electron chi connectivity index (χ4n) is 1.84. The molecule has 0 radical (unpaired) electrons. The summed E-state index contributed by atoms with van der Waals surface area (Å²) < 4.78 is 13.0. The molecule has 5 nitrogen and oxygen atoms in total. The molecule has 2 aromatic rings. The van der Waals surface area contributed by atoms with Crippen LogP contribution in [-0.4, -0.2) is 34.9 Å². The Morgan fingerprint density at radius 2 is 2.11 bits per heavy atom. The molecule has 0 bridgehead atoms. The first-order valence-electron chi connectivity index (χ1n) is 6.14. The first-order chi connectivity index (χ1) is 8.74. The van der Waals surface area contributed by atoms with E-state index >= 15 is 0 Å². The smallest absolute Gasteiger partial charge is 0.193 e. The van der Waals surface area contributed by atoms with Crippen molar-refractivity contribution in [2.24, 2.45) is 5.73 Å². The van der Waals surface area contributed by atoms with Crippen molar-refractivity contribution in [3.63, 3.8) is 0 Å². The van der Waals surface area contributed by atoms with Gasteiger partial charge < -0.3 is 15.2 Å². The number of imidazole rings is 1. The van der Waals surface area contributed by atoms with Crippen LogP contribution in [0.15, 0.2) is 17.8 Å². The van der Waals surface area contributed by atoms with Gasteiger partial charge in [0.25, 0.3) is 0 Å². The van der Waals surface area contributed by atoms with E-state index in [0.29, 0.717) is 19.6 Å². The minimum atomic E-state index is -0.361. The summed E-state index contributed by atoms with van der Waals surface area (Å²) in [7, 11) is 0. The Labute approximate surface area is 111 Å². The van der Waals surface area contributed by atoms with E-state index in [1.54, 1.807) is 11.3 Å². The van der Waals surface area contributed by atoms with Gasteiger partial charge in [0.05, 0.1) is 11.7 Å². The molecule has 0 fully saturated rings. The quantitative estimate of drug-likeness (QED) is 0.777. The summed E-state index contributed by atoms with van der Waals surface area (Å²) in [5.41, 5.74) is 7.09. The van der Waals surface area contributed by atoms with Crippen LogP contribution in [0.4, 0.5) is 0 Å². The number of nitrogens with two attached hydrogens (primary N) is 1. The van der Waals surface area contributed by atoms with Crippen molar-refractivity contribution in [1.29, 1.82) is 0 Å². The van der Waals surface area contributed by atoms with E-state index in [4.69, 9.17) is 15.2 Å². The summed E-state index contributed by atoms with van der Waals surface area (Å²) >= 11 is 1.61. The SMILES string of the molecule is CCOC(OCC)C(N)Cc1cn2ccsc2n1. The molecule has 0 aliphatic carbocycles. The average Bonchev–Trinajstić information content (AvgIpc) is 2.89. The first kappa shape index (κ1) is 13.5. The monoisotopic (exact) mass is 269 g/mol. The van der Waals surface area contributed by atoms with Crippen LogP contribution in [0.2, 0.25) is 0 Å². The lowest BCUT2D eigenvalue weighted by molar-refractivity contribution is -0.148. The maximum atomic E-state index is 6.12. The fourth-order valence-corrected chi connectivity index (χ4v) is 2.55. The third-order valence-electron chi connectivity index (χ3n) is 2.60. The molecule has 2 N–H and O–H groups in total. The number of fused-ring (bicyclic) bond motifs is 1. The molecule has 2 aromatic heterocycles. The second-order valence-electron chi connectivity index (χ2n) is 3.97. The predicted octanol–water partition coefficient (Wildman–Crippen LogP) is 1.66. The summed E-state index contributed by atoms with van der Waals surface area (Å²) in [5.74, 6) is 0. The maximum Gasteiger partial charge on any atom is 0.193 e. The Kier molecular flexibility index (Phi) is 4.71. The summed E-state index contributed by atoms with van der Waals surface area (Å²) in [6.07, 6.45) is 4.28. The Hall–Kier alpha value is -0.950. The fraction of sp³-hybridized carbons (Fsp3) is 0.583. The van der Waals surface area contributed by atoms with Gasteiger partial charge in [-0.2, -0.15) is 0 Å². The van der Waals surface area contributed by atoms with E-state index in [9.17, 15) is 0 Å². The molecule has 0 spiro atoms. The zero-order valence-electron chi connectivity index (χ0n) is 10.7. The van der Waals surface area contributed by atoms with E-state index in [2.05, 4.69) is 4.98 Å². The molecular formula is C12H19N3O2S. The van der Waals surface area contributed by atoms with Gasteiger partial charge in [-0.1, -0.05) is 0 Å². The Bertz CT molecular complexity index is 448. The minimum absolute atomic E-state index is 0.200. The Balaban J connectivity index is 2.00. The van der Waals surface area contributed by atoms with E-state index < -0.39 is 0 Å². The van der Waals surface area contributed by atoms with Crippen LogP contribution in [0.5, 0.6) is 0 Å². The number of rotatable bonds is 7. The van der Waals surface area contributed by atoms with Gasteiger partial charge in [-0.3, -0.25) is 4.40 Å². The van der Waals surface area contributed by atoms with Gasteiger partial charge in [-0.05, 0) is 13.8 Å². The normalized spacial score (nSPS) is 13.6. The third-order valence-corrected chi connectivity index (χ3v) is 3.37. The Morgan fingerprint density at radius 3 is 2.72 bits per heavy atom. The molecule has 18 heavy (non-hydrogen) atoms. The molecular weight excluding hydrogens is 250 g/mol. The highest BCUT2D eigenvalue weighted by molar-refractivity contribution is 7.15. The summed E-state index contributed by atoms with van der Waals surface area (Å²) in [4.78, 5) is 5.49. The van der Waals surface area contributed by atoms with Gasteiger partial charge in [-0.15, -0.1) is 11.3 Å². The molecule has 0 saturated carbocycles. The van der Waals surface area contributed by atoms with Gasteiger partial charge >= 0.3 is 0 Å². The van der Waals surface area contributed by atoms with Crippen molar-refractivity contribution in [2.45, 2.75) is 32.6 Å². The molecule has 0 aromatic carbocycles. The molecule has 100 valence electrons. The van der Waals surface area contributed by atoms with Crippen molar-refractivity contribution < 1.29 is 9.47 Å². The molecule has 2 heterocycles. The van der Waals surface area contributed by atoms with Crippen LogP contribution in [0.25, 0.3) is 4.96 Å². The van der Waals surface area contributed by atoms with E-state index in [0.717, 1.165) is 10.7 Å². The third kappa shape index (κ3) is 3.08. The molecule has 0 aliphatic rings. The predicted molar refractivity (Wildman–Crippen MR) is 71.8 cm³/mol. The Morgan fingerprint density at radius 1 is 1.39 bits per heavy atom. The second-order valence-corrected chi connectivity index (χ2v) is 4.85. The lowest BCUT2D eigenvalue weighted by Crippen LogP contribution is -2.40. The van der Waals surface area contributed by atoms with E-state index in [1.807, 2.05) is 36.0 Å². The standard InChI is InChI=1S/C12H19N3O2S/c1-3-16-11(17-4-2)10(13)7-9-8-15-5-6-18-12(15)14-9/h5-6,8,10-11H,3-4,7,13H2,1-2H3. The highest BCUT2D eigenvalue weighted by atomic mass is 32.1. The number of aromatic nitrogens is 2. The van der Waals surface area contributed by atoms with Crippen LogP contribution in [0.1, 0.15) is 19.5 Å². The molecule has 0 saturated heterocycles. The topological polar surface area (TPSA) is 61.8 Å². The number of nitrogens with zero attached hydrogens (tertiary/aromatic N) is 2. The minimum Gasteiger partial charge on any atom is -0.351 e. The van der Waals surface area contributed by atoms with Crippen LogP contribution in [-0.2, 0) is 15.9 Å². The molecule has 6 heteroatoms. The van der Waals surface area contributed by atoms with Gasteiger partial charge in [0.2, 0.25) is 0 Å². The first-order valence-corrected chi connectivity index (χ1v) is 7.02. The highest BCUT2D eigenvalue weighted by Crippen LogP contribution is 2.13. The maximum absolute atomic E-state index is 6.12. The number of ether oxygens (including phenoxy) is 2. The van der Waals surface area contributed by atoms with Gasteiger partial charge in [0.1, 0.15) is 0 Å². The van der Waals surface area contributed by atoms with Crippen LogP contribution >= 0.6 is 11.3 Å². The number of hydrogen-bond donors (Lipinski definition) is 1. The second kappa shape index (κ2) is 6.29. The van der Waals surface area contributed by atoms with Crippen LogP contribution in [0, 0.1) is 0 Å². The van der Waals surface area contributed by atoms with Crippen LogP contribution < -0.4 is 5.73 Å². The molecule has 2 rings (SSSR count). The lowest BCUT2D eigenvalue weighted by Gasteiger charge is -2.22. The van der Waals surface area contributed by atoms with E-state index in [1.165, 1.54) is 0 Å². The van der Waals surface area contributed by atoms with E-state index in [-0.39, 0.29) is 12.3 Å². The number of thiazole rings is 1. The zero-order chi connectivity index (χ0) is 13.0. The van der Waals surface area contributed by atoms with Crippen molar-refractivity contribution in [1.82, 2.24) is 9.38 Å². The average molecular weight is 269 g/mol. The van der Waals surface area contributed by atoms with Crippen molar-refractivity contribution in [3.8, 4) is 0 Å². The molecule has 0 aliphatic heterocycles. The highest BCUT2D eigenvalue weighted by Gasteiger charge is 2.20. The van der Waals surface area contributed by atoms with Gasteiger partial charge in [0.15, 0.2) is 11.3 Å². The van der Waals surface area contributed by atoms with Crippen LogP contribution in [0.3, 0.4) is 0 Å².